The van der Waals surface area contributed by atoms with Crippen molar-refractivity contribution >= 4 is 5.91 Å². The minimum absolute atomic E-state index is 0.00178. The minimum atomic E-state index is -0.0837. The van der Waals surface area contributed by atoms with E-state index in [9.17, 15) is 4.79 Å². The number of nitrogens with zero attached hydrogens (tertiary/aromatic N) is 2. The minimum Gasteiger partial charge on any atom is -0.484 e. The average Bonchev–Trinajstić information content (AvgIpc) is 2.62. The Kier molecular flexibility index (Phi) is 5.61. The van der Waals surface area contributed by atoms with E-state index in [0.29, 0.717) is 17.5 Å². The van der Waals surface area contributed by atoms with Crippen LogP contribution >= 0.6 is 0 Å². The lowest BCUT2D eigenvalue weighted by atomic mass is 9.95. The summed E-state index contributed by atoms with van der Waals surface area (Å²) in [7, 11) is 0. The molecular formula is C18H21N3O3. The lowest BCUT2D eigenvalue weighted by Crippen LogP contribution is -2.38. The van der Waals surface area contributed by atoms with Gasteiger partial charge in [-0.15, -0.1) is 0 Å². The first-order chi connectivity index (χ1) is 11.8. The van der Waals surface area contributed by atoms with Gasteiger partial charge in [-0.1, -0.05) is 25.3 Å². The summed E-state index contributed by atoms with van der Waals surface area (Å²) in [6.45, 7) is 0.00178. The van der Waals surface area contributed by atoms with Crippen LogP contribution in [-0.4, -0.2) is 28.5 Å². The summed E-state index contributed by atoms with van der Waals surface area (Å²) in [6.07, 6.45) is 8.98. The highest BCUT2D eigenvalue weighted by Crippen LogP contribution is 2.23. The molecule has 1 aliphatic carbocycles. The normalized spacial score (nSPS) is 14.8. The highest BCUT2D eigenvalue weighted by atomic mass is 16.5. The third-order valence-electron chi connectivity index (χ3n) is 3.90. The Hall–Kier alpha value is -2.63. The first-order valence-corrected chi connectivity index (χ1v) is 8.27. The molecule has 126 valence electrons. The summed E-state index contributed by atoms with van der Waals surface area (Å²) in [5.41, 5.74) is 0. The van der Waals surface area contributed by atoms with E-state index in [4.69, 9.17) is 9.47 Å². The van der Waals surface area contributed by atoms with E-state index in [2.05, 4.69) is 15.3 Å². The van der Waals surface area contributed by atoms with Crippen molar-refractivity contribution in [3.63, 3.8) is 0 Å². The predicted octanol–water partition coefficient (Wildman–Crippen LogP) is 3.10. The molecule has 2 aromatic rings. The van der Waals surface area contributed by atoms with E-state index in [0.717, 1.165) is 12.8 Å². The van der Waals surface area contributed by atoms with E-state index in [1.165, 1.54) is 19.3 Å². The number of benzene rings is 1. The molecule has 1 fully saturated rings. The Morgan fingerprint density at radius 1 is 1.08 bits per heavy atom. The van der Waals surface area contributed by atoms with Gasteiger partial charge < -0.3 is 14.8 Å². The maximum absolute atomic E-state index is 12.0. The van der Waals surface area contributed by atoms with E-state index in [-0.39, 0.29) is 18.5 Å². The van der Waals surface area contributed by atoms with Crippen LogP contribution in [0.4, 0.5) is 0 Å². The van der Waals surface area contributed by atoms with Crippen molar-refractivity contribution in [3.8, 4) is 17.5 Å². The molecule has 1 N–H and O–H groups in total. The van der Waals surface area contributed by atoms with Crippen LogP contribution in [0.3, 0.4) is 0 Å². The van der Waals surface area contributed by atoms with Gasteiger partial charge in [0.05, 0.1) is 0 Å². The largest absolute Gasteiger partial charge is 0.484 e. The quantitative estimate of drug-likeness (QED) is 0.882. The number of rotatable bonds is 6. The second kappa shape index (κ2) is 8.29. The number of ether oxygens (including phenoxy) is 2. The number of carbonyl (C=O) groups is 1. The first-order valence-electron chi connectivity index (χ1n) is 8.27. The fraction of sp³-hybridized carbons (Fsp3) is 0.389. The molecule has 1 saturated carbocycles. The Bertz CT molecular complexity index is 658. The highest BCUT2D eigenvalue weighted by Gasteiger charge is 2.15. The Balaban J connectivity index is 1.50. The van der Waals surface area contributed by atoms with Crippen molar-refractivity contribution in [3.05, 3.63) is 42.7 Å². The van der Waals surface area contributed by atoms with Gasteiger partial charge in [0, 0.05) is 24.5 Å². The monoisotopic (exact) mass is 327 g/mol. The molecule has 1 aliphatic rings. The van der Waals surface area contributed by atoms with Crippen molar-refractivity contribution in [1.29, 1.82) is 0 Å². The average molecular weight is 327 g/mol. The Morgan fingerprint density at radius 3 is 2.62 bits per heavy atom. The standard InChI is InChI=1S/C18H21N3O3/c22-17(21-14-6-2-1-3-7-14)13-23-15-8-4-9-16(12-15)24-18-19-10-5-11-20-18/h4-5,8-12,14H,1-3,6-7,13H2,(H,21,22). The number of carbonyl (C=O) groups excluding carboxylic acids is 1. The molecular weight excluding hydrogens is 306 g/mol. The first kappa shape index (κ1) is 16.2. The Morgan fingerprint density at radius 2 is 1.83 bits per heavy atom. The second-order valence-corrected chi connectivity index (χ2v) is 5.80. The molecule has 1 amide bonds. The molecule has 6 heteroatoms. The summed E-state index contributed by atoms with van der Waals surface area (Å²) in [6, 6.07) is 9.36. The molecule has 0 atom stereocenters. The van der Waals surface area contributed by atoms with E-state index in [1.54, 1.807) is 42.7 Å². The summed E-state index contributed by atoms with van der Waals surface area (Å²) in [4.78, 5) is 20.0. The second-order valence-electron chi connectivity index (χ2n) is 5.80. The molecule has 1 aromatic heterocycles. The third-order valence-corrected chi connectivity index (χ3v) is 3.90. The molecule has 0 radical (unpaired) electrons. The van der Waals surface area contributed by atoms with Crippen molar-refractivity contribution < 1.29 is 14.3 Å². The topological polar surface area (TPSA) is 73.3 Å². The van der Waals surface area contributed by atoms with Gasteiger partial charge in [0.15, 0.2) is 6.61 Å². The van der Waals surface area contributed by atoms with Crippen LogP contribution in [-0.2, 0) is 4.79 Å². The number of hydrogen-bond donors (Lipinski definition) is 1. The highest BCUT2D eigenvalue weighted by molar-refractivity contribution is 5.77. The van der Waals surface area contributed by atoms with Gasteiger partial charge in [-0.25, -0.2) is 9.97 Å². The molecule has 24 heavy (non-hydrogen) atoms. The number of aromatic nitrogens is 2. The smallest absolute Gasteiger partial charge is 0.321 e. The van der Waals surface area contributed by atoms with E-state index in [1.807, 2.05) is 0 Å². The molecule has 0 spiro atoms. The van der Waals surface area contributed by atoms with Gasteiger partial charge in [-0.05, 0) is 31.0 Å². The van der Waals surface area contributed by atoms with Gasteiger partial charge >= 0.3 is 6.01 Å². The zero-order valence-electron chi connectivity index (χ0n) is 13.5. The molecule has 0 unspecified atom stereocenters. The van der Waals surface area contributed by atoms with Crippen LogP contribution in [0.1, 0.15) is 32.1 Å². The van der Waals surface area contributed by atoms with Crippen molar-refractivity contribution in [1.82, 2.24) is 15.3 Å². The lowest BCUT2D eigenvalue weighted by molar-refractivity contribution is -0.124. The summed E-state index contributed by atoms with van der Waals surface area (Å²) in [5, 5.41) is 3.03. The zero-order valence-corrected chi connectivity index (χ0v) is 13.5. The van der Waals surface area contributed by atoms with Crippen LogP contribution < -0.4 is 14.8 Å². The van der Waals surface area contributed by atoms with Crippen molar-refractivity contribution in [2.75, 3.05) is 6.61 Å². The van der Waals surface area contributed by atoms with Crippen molar-refractivity contribution in [2.45, 2.75) is 38.1 Å². The molecule has 1 aromatic carbocycles. The van der Waals surface area contributed by atoms with Crippen LogP contribution in [0.5, 0.6) is 17.5 Å². The van der Waals surface area contributed by atoms with E-state index >= 15 is 0 Å². The summed E-state index contributed by atoms with van der Waals surface area (Å²) >= 11 is 0. The number of nitrogens with one attached hydrogen (secondary N) is 1. The third kappa shape index (κ3) is 4.94. The molecule has 0 saturated heterocycles. The number of hydrogen-bond acceptors (Lipinski definition) is 5. The van der Waals surface area contributed by atoms with Gasteiger partial charge in [0.2, 0.25) is 0 Å². The van der Waals surface area contributed by atoms with Crippen molar-refractivity contribution in [2.24, 2.45) is 0 Å². The van der Waals surface area contributed by atoms with E-state index < -0.39 is 0 Å². The molecule has 6 nitrogen and oxygen atoms in total. The fourth-order valence-electron chi connectivity index (χ4n) is 2.74. The zero-order chi connectivity index (χ0) is 16.6. The maximum atomic E-state index is 12.0. The van der Waals surface area contributed by atoms with Gasteiger partial charge in [0.1, 0.15) is 11.5 Å². The summed E-state index contributed by atoms with van der Waals surface area (Å²) < 4.78 is 11.1. The fourth-order valence-corrected chi connectivity index (χ4v) is 2.74. The molecule has 1 heterocycles. The van der Waals surface area contributed by atoms with Crippen LogP contribution in [0.2, 0.25) is 0 Å². The molecule has 3 rings (SSSR count). The maximum Gasteiger partial charge on any atom is 0.321 e. The predicted molar refractivity (Wildman–Crippen MR) is 89.1 cm³/mol. The SMILES string of the molecule is O=C(COc1cccc(Oc2ncccn2)c1)NC1CCCCC1. The molecule has 0 aliphatic heterocycles. The lowest BCUT2D eigenvalue weighted by Gasteiger charge is -2.22. The van der Waals surface area contributed by atoms with Gasteiger partial charge in [0.25, 0.3) is 5.91 Å². The molecule has 0 bridgehead atoms. The van der Waals surface area contributed by atoms with Gasteiger partial charge in [-0.3, -0.25) is 4.79 Å². The van der Waals surface area contributed by atoms with Crippen LogP contribution in [0.15, 0.2) is 42.7 Å². The van der Waals surface area contributed by atoms with Crippen LogP contribution in [0, 0.1) is 0 Å². The Labute approximate surface area is 141 Å². The summed E-state index contributed by atoms with van der Waals surface area (Å²) in [5.74, 6) is 1.05. The van der Waals surface area contributed by atoms with Crippen LogP contribution in [0.25, 0.3) is 0 Å². The number of amides is 1. The van der Waals surface area contributed by atoms with Gasteiger partial charge in [-0.2, -0.15) is 0 Å².